The Balaban J connectivity index is 2.04. The van der Waals surface area contributed by atoms with Gasteiger partial charge in [-0.3, -0.25) is 4.98 Å². The molecule has 1 N–H and O–H groups in total. The van der Waals surface area contributed by atoms with Gasteiger partial charge in [-0.1, -0.05) is 24.3 Å². The van der Waals surface area contributed by atoms with E-state index in [4.69, 9.17) is 0 Å². The van der Waals surface area contributed by atoms with Crippen LogP contribution < -0.4 is 10.2 Å². The molecule has 3 rings (SSSR count). The minimum absolute atomic E-state index is 0.586. The minimum Gasteiger partial charge on any atom is -0.369 e. The van der Waals surface area contributed by atoms with Crippen molar-refractivity contribution in [2.24, 2.45) is 0 Å². The van der Waals surface area contributed by atoms with Crippen molar-refractivity contribution in [2.75, 3.05) is 25.0 Å². The molecular formula is C14H17N3. The second-order valence-electron chi connectivity index (χ2n) is 4.64. The summed E-state index contributed by atoms with van der Waals surface area (Å²) >= 11 is 0. The summed E-state index contributed by atoms with van der Waals surface area (Å²) in [6.07, 6.45) is 5.11. The van der Waals surface area contributed by atoms with Crippen LogP contribution in [0.5, 0.6) is 0 Å². The molecule has 1 aliphatic rings. The van der Waals surface area contributed by atoms with Crippen molar-refractivity contribution in [3.63, 3.8) is 0 Å². The van der Waals surface area contributed by atoms with Crippen LogP contribution in [0.25, 0.3) is 10.8 Å². The molecule has 0 amide bonds. The molecule has 1 aromatic heterocycles. The van der Waals surface area contributed by atoms with Gasteiger partial charge < -0.3 is 10.2 Å². The van der Waals surface area contributed by atoms with Crippen molar-refractivity contribution in [3.8, 4) is 0 Å². The highest BCUT2D eigenvalue weighted by molar-refractivity contribution is 5.93. The molecule has 0 radical (unpaired) electrons. The van der Waals surface area contributed by atoms with Crippen molar-refractivity contribution < 1.29 is 0 Å². The molecule has 0 spiro atoms. The number of likely N-dealkylation sites (N-methyl/N-ethyl adjacent to an activating group) is 1. The normalized spacial score (nSPS) is 19.7. The second-order valence-corrected chi connectivity index (χ2v) is 4.64. The van der Waals surface area contributed by atoms with Gasteiger partial charge >= 0.3 is 0 Å². The van der Waals surface area contributed by atoms with E-state index in [-0.39, 0.29) is 0 Å². The predicted octanol–water partition coefficient (Wildman–Crippen LogP) is 2.03. The van der Waals surface area contributed by atoms with E-state index in [1.165, 1.54) is 22.9 Å². The number of aromatic nitrogens is 1. The zero-order valence-electron chi connectivity index (χ0n) is 10.1. The first-order valence-electron chi connectivity index (χ1n) is 6.12. The molecule has 2 aromatic rings. The molecule has 1 saturated heterocycles. The summed E-state index contributed by atoms with van der Waals surface area (Å²) in [4.78, 5) is 6.70. The highest BCUT2D eigenvalue weighted by atomic mass is 15.2. The third-order valence-corrected chi connectivity index (χ3v) is 3.61. The molecule has 0 saturated carbocycles. The quantitative estimate of drug-likeness (QED) is 0.851. The van der Waals surface area contributed by atoms with Crippen LogP contribution in [0.2, 0.25) is 0 Å². The average Bonchev–Trinajstić information content (AvgIpc) is 2.91. The fourth-order valence-corrected chi connectivity index (χ4v) is 2.55. The Labute approximate surface area is 101 Å². The van der Waals surface area contributed by atoms with Crippen LogP contribution in [0.15, 0.2) is 36.7 Å². The standard InChI is InChI=1S/C14H17N3/c1-17(12-6-7-15-9-12)14-10-16-8-11-4-2-3-5-13(11)14/h2-5,8,10,12,15H,6-7,9H2,1H3. The van der Waals surface area contributed by atoms with Gasteiger partial charge in [0.2, 0.25) is 0 Å². The van der Waals surface area contributed by atoms with Crippen molar-refractivity contribution >= 4 is 16.5 Å². The van der Waals surface area contributed by atoms with Crippen molar-refractivity contribution in [2.45, 2.75) is 12.5 Å². The van der Waals surface area contributed by atoms with Gasteiger partial charge in [-0.05, 0) is 13.0 Å². The van der Waals surface area contributed by atoms with Crippen LogP contribution in [0, 0.1) is 0 Å². The van der Waals surface area contributed by atoms with Crippen molar-refractivity contribution in [3.05, 3.63) is 36.7 Å². The van der Waals surface area contributed by atoms with Crippen molar-refractivity contribution in [1.82, 2.24) is 10.3 Å². The van der Waals surface area contributed by atoms with E-state index in [1.54, 1.807) is 0 Å². The molecule has 1 aliphatic heterocycles. The third-order valence-electron chi connectivity index (χ3n) is 3.61. The number of benzene rings is 1. The summed E-state index contributed by atoms with van der Waals surface area (Å²) in [6.45, 7) is 2.19. The van der Waals surface area contributed by atoms with E-state index < -0.39 is 0 Å². The van der Waals surface area contributed by atoms with Crippen LogP contribution in [0.3, 0.4) is 0 Å². The van der Waals surface area contributed by atoms with Gasteiger partial charge in [-0.15, -0.1) is 0 Å². The molecule has 88 valence electrons. The Bertz CT molecular complexity index is 512. The monoisotopic (exact) mass is 227 g/mol. The van der Waals surface area contributed by atoms with Crippen molar-refractivity contribution in [1.29, 1.82) is 0 Å². The molecule has 1 fully saturated rings. The highest BCUT2D eigenvalue weighted by Gasteiger charge is 2.20. The lowest BCUT2D eigenvalue weighted by Crippen LogP contribution is -2.33. The number of nitrogens with zero attached hydrogens (tertiary/aromatic N) is 2. The molecule has 0 bridgehead atoms. The molecule has 17 heavy (non-hydrogen) atoms. The lowest BCUT2D eigenvalue weighted by molar-refractivity contribution is 0.686. The Kier molecular flexibility index (Phi) is 2.69. The fraction of sp³-hybridized carbons (Fsp3) is 0.357. The SMILES string of the molecule is CN(c1cncc2ccccc12)C1CCNC1. The fourth-order valence-electron chi connectivity index (χ4n) is 2.55. The predicted molar refractivity (Wildman–Crippen MR) is 71.4 cm³/mol. The summed E-state index contributed by atoms with van der Waals surface area (Å²) in [5.41, 5.74) is 1.23. The minimum atomic E-state index is 0.586. The first-order chi connectivity index (χ1) is 8.36. The summed E-state index contributed by atoms with van der Waals surface area (Å²) in [7, 11) is 2.17. The smallest absolute Gasteiger partial charge is 0.0632 e. The van der Waals surface area contributed by atoms with E-state index in [0.29, 0.717) is 6.04 Å². The zero-order valence-corrected chi connectivity index (χ0v) is 10.1. The van der Waals surface area contributed by atoms with E-state index in [9.17, 15) is 0 Å². The Morgan fingerprint density at radius 1 is 1.29 bits per heavy atom. The zero-order chi connectivity index (χ0) is 11.7. The van der Waals surface area contributed by atoms with Crippen LogP contribution in [-0.4, -0.2) is 31.2 Å². The number of nitrogens with one attached hydrogen (secondary N) is 1. The first-order valence-corrected chi connectivity index (χ1v) is 6.12. The van der Waals surface area contributed by atoms with E-state index >= 15 is 0 Å². The summed E-state index contributed by atoms with van der Waals surface area (Å²) < 4.78 is 0. The number of anilines is 1. The molecule has 3 nitrogen and oxygen atoms in total. The lowest BCUT2D eigenvalue weighted by atomic mass is 10.1. The number of pyridine rings is 1. The topological polar surface area (TPSA) is 28.2 Å². The maximum absolute atomic E-state index is 4.34. The molecule has 1 aromatic carbocycles. The summed E-state index contributed by atoms with van der Waals surface area (Å²) in [5, 5.41) is 5.91. The number of rotatable bonds is 2. The number of fused-ring (bicyclic) bond motifs is 1. The highest BCUT2D eigenvalue weighted by Crippen LogP contribution is 2.26. The third kappa shape index (κ3) is 1.87. The Morgan fingerprint density at radius 3 is 3.00 bits per heavy atom. The second kappa shape index (κ2) is 4.34. The van der Waals surface area contributed by atoms with Crippen LogP contribution in [-0.2, 0) is 0 Å². The van der Waals surface area contributed by atoms with Gasteiger partial charge in [-0.2, -0.15) is 0 Å². The van der Waals surface area contributed by atoms with Crippen LogP contribution in [0.4, 0.5) is 5.69 Å². The van der Waals surface area contributed by atoms with E-state index in [0.717, 1.165) is 13.1 Å². The van der Waals surface area contributed by atoms with Gasteiger partial charge in [0.1, 0.15) is 0 Å². The Morgan fingerprint density at radius 2 is 2.18 bits per heavy atom. The Hall–Kier alpha value is -1.61. The maximum atomic E-state index is 4.34. The first kappa shape index (κ1) is 10.5. The van der Waals surface area contributed by atoms with E-state index in [2.05, 4.69) is 46.5 Å². The molecule has 0 aliphatic carbocycles. The number of hydrogen-bond acceptors (Lipinski definition) is 3. The molecule has 1 atom stereocenters. The van der Waals surface area contributed by atoms with Gasteiger partial charge in [0.05, 0.1) is 11.9 Å². The molecule has 1 unspecified atom stereocenters. The molecular weight excluding hydrogens is 210 g/mol. The van der Waals surface area contributed by atoms with Gasteiger partial charge in [-0.25, -0.2) is 0 Å². The van der Waals surface area contributed by atoms with Crippen LogP contribution >= 0.6 is 0 Å². The lowest BCUT2D eigenvalue weighted by Gasteiger charge is -2.26. The van der Waals surface area contributed by atoms with E-state index in [1.807, 2.05) is 12.4 Å². The molecule has 3 heteroatoms. The summed E-state index contributed by atoms with van der Waals surface area (Å²) in [6, 6.07) is 9.03. The summed E-state index contributed by atoms with van der Waals surface area (Å²) in [5.74, 6) is 0. The van der Waals surface area contributed by atoms with Crippen LogP contribution in [0.1, 0.15) is 6.42 Å². The molecule has 2 heterocycles. The van der Waals surface area contributed by atoms with Gasteiger partial charge in [0.25, 0.3) is 0 Å². The van der Waals surface area contributed by atoms with Gasteiger partial charge in [0, 0.05) is 36.6 Å². The average molecular weight is 227 g/mol. The van der Waals surface area contributed by atoms with Gasteiger partial charge in [0.15, 0.2) is 0 Å². The maximum Gasteiger partial charge on any atom is 0.0632 e. The number of hydrogen-bond donors (Lipinski definition) is 1. The largest absolute Gasteiger partial charge is 0.369 e.